The molecular formula is C61H44N2. The Labute approximate surface area is 368 Å². The van der Waals surface area contributed by atoms with E-state index in [0.717, 1.165) is 22.7 Å². The first-order chi connectivity index (χ1) is 31.0. The standard InChI is InChI=1S/C61H44N2/c1-61(2)54-26-14-15-27-56(54)63(57-36-33-47(39-55(57)61)46-29-28-42-18-6-7-20-45(42)38-46)60-51-23-11-8-19-44(51)32-37-58(60)62(49-34-30-43(31-35-49)41-16-4-3-5-17-41)59-40-48-21-9-10-22-50(48)52-24-12-13-25-53(52)59/h3-40H,1-2H3. The molecule has 0 unspecified atom stereocenters. The Balaban J connectivity index is 1.15. The van der Waals surface area contributed by atoms with E-state index in [2.05, 4.69) is 254 Å². The zero-order valence-electron chi connectivity index (χ0n) is 35.3. The van der Waals surface area contributed by atoms with E-state index < -0.39 is 0 Å². The van der Waals surface area contributed by atoms with Gasteiger partial charge in [-0.2, -0.15) is 0 Å². The molecule has 0 saturated carbocycles. The summed E-state index contributed by atoms with van der Waals surface area (Å²) in [5, 5.41) is 9.76. The molecule has 1 heterocycles. The maximum atomic E-state index is 2.56. The van der Waals surface area contributed by atoms with Crippen LogP contribution in [-0.4, -0.2) is 0 Å². The summed E-state index contributed by atoms with van der Waals surface area (Å²) in [6, 6.07) is 85.0. The van der Waals surface area contributed by atoms with Gasteiger partial charge in [0.15, 0.2) is 0 Å². The summed E-state index contributed by atoms with van der Waals surface area (Å²) in [5.41, 5.74) is 14.0. The number of benzene rings is 11. The van der Waals surface area contributed by atoms with Gasteiger partial charge >= 0.3 is 0 Å². The van der Waals surface area contributed by atoms with Crippen LogP contribution >= 0.6 is 0 Å². The summed E-state index contributed by atoms with van der Waals surface area (Å²) in [4.78, 5) is 5.07. The van der Waals surface area contributed by atoms with E-state index in [4.69, 9.17) is 0 Å². The van der Waals surface area contributed by atoms with Crippen molar-refractivity contribution in [2.75, 3.05) is 9.80 Å². The van der Waals surface area contributed by atoms with E-state index >= 15 is 0 Å². The number of anilines is 6. The quantitative estimate of drug-likeness (QED) is 0.155. The number of rotatable bonds is 6. The Kier molecular flexibility index (Phi) is 8.55. The highest BCUT2D eigenvalue weighted by Crippen LogP contribution is 2.57. The molecule has 0 spiro atoms. The van der Waals surface area contributed by atoms with Crippen LogP contribution in [0.1, 0.15) is 25.0 Å². The van der Waals surface area contributed by atoms with Crippen molar-refractivity contribution < 1.29 is 0 Å². The Bertz CT molecular complexity index is 3550. The number of hydrogen-bond donors (Lipinski definition) is 0. The predicted octanol–water partition coefficient (Wildman–Crippen LogP) is 17.2. The Morgan fingerprint density at radius 3 is 1.70 bits per heavy atom. The molecule has 12 rings (SSSR count). The van der Waals surface area contributed by atoms with Gasteiger partial charge < -0.3 is 9.80 Å². The Hall–Kier alpha value is -7.94. The molecule has 11 aromatic carbocycles. The molecule has 0 atom stereocenters. The van der Waals surface area contributed by atoms with Gasteiger partial charge in [-0.05, 0) is 114 Å². The maximum Gasteiger partial charge on any atom is 0.0781 e. The van der Waals surface area contributed by atoms with Gasteiger partial charge in [-0.25, -0.2) is 0 Å². The Morgan fingerprint density at radius 2 is 0.889 bits per heavy atom. The fraction of sp³-hybridized carbons (Fsp3) is 0.0492. The molecule has 1 aliphatic heterocycles. The predicted molar refractivity (Wildman–Crippen MR) is 269 cm³/mol. The highest BCUT2D eigenvalue weighted by molar-refractivity contribution is 6.16. The lowest BCUT2D eigenvalue weighted by molar-refractivity contribution is 0.632. The fourth-order valence-corrected chi connectivity index (χ4v) is 10.2. The smallest absolute Gasteiger partial charge is 0.0781 e. The van der Waals surface area contributed by atoms with Gasteiger partial charge in [0.2, 0.25) is 0 Å². The molecule has 0 radical (unpaired) electrons. The van der Waals surface area contributed by atoms with Crippen molar-refractivity contribution in [3.05, 3.63) is 242 Å². The lowest BCUT2D eigenvalue weighted by Crippen LogP contribution is -2.31. The van der Waals surface area contributed by atoms with Crippen molar-refractivity contribution in [3.8, 4) is 22.3 Å². The van der Waals surface area contributed by atoms with Crippen LogP contribution in [0.3, 0.4) is 0 Å². The van der Waals surface area contributed by atoms with E-state index in [1.807, 2.05) is 0 Å². The number of nitrogens with zero attached hydrogens (tertiary/aromatic N) is 2. The molecule has 0 amide bonds. The van der Waals surface area contributed by atoms with E-state index in [1.54, 1.807) is 0 Å². The molecule has 11 aromatic rings. The van der Waals surface area contributed by atoms with Gasteiger partial charge in [-0.3, -0.25) is 0 Å². The second-order valence-corrected chi connectivity index (χ2v) is 17.3. The number of hydrogen-bond acceptors (Lipinski definition) is 2. The first-order valence-corrected chi connectivity index (χ1v) is 21.9. The van der Waals surface area contributed by atoms with Crippen molar-refractivity contribution in [1.82, 2.24) is 0 Å². The largest absolute Gasteiger partial charge is 0.308 e. The van der Waals surface area contributed by atoms with Crippen molar-refractivity contribution in [2.45, 2.75) is 19.3 Å². The van der Waals surface area contributed by atoms with Crippen molar-refractivity contribution >= 4 is 77.2 Å². The van der Waals surface area contributed by atoms with Crippen LogP contribution in [0.5, 0.6) is 0 Å². The minimum absolute atomic E-state index is 0.276. The highest BCUT2D eigenvalue weighted by Gasteiger charge is 2.39. The van der Waals surface area contributed by atoms with Crippen LogP contribution in [-0.2, 0) is 5.41 Å². The monoisotopic (exact) mass is 804 g/mol. The lowest BCUT2D eigenvalue weighted by atomic mass is 9.72. The first kappa shape index (κ1) is 36.9. The molecule has 0 aromatic heterocycles. The molecule has 2 heteroatoms. The normalized spacial score (nSPS) is 13.0. The average Bonchev–Trinajstić information content (AvgIpc) is 3.35. The topological polar surface area (TPSA) is 6.48 Å². The van der Waals surface area contributed by atoms with E-state index in [1.165, 1.54) is 87.8 Å². The molecular weight excluding hydrogens is 761 g/mol. The van der Waals surface area contributed by atoms with Crippen LogP contribution in [0.4, 0.5) is 34.1 Å². The second-order valence-electron chi connectivity index (χ2n) is 17.3. The van der Waals surface area contributed by atoms with Gasteiger partial charge in [-0.15, -0.1) is 0 Å². The minimum atomic E-state index is -0.276. The first-order valence-electron chi connectivity index (χ1n) is 21.9. The summed E-state index contributed by atoms with van der Waals surface area (Å²) >= 11 is 0. The summed E-state index contributed by atoms with van der Waals surface area (Å²) in [5.74, 6) is 0. The number of para-hydroxylation sites is 1. The van der Waals surface area contributed by atoms with Crippen LogP contribution in [0.2, 0.25) is 0 Å². The lowest BCUT2D eigenvalue weighted by Gasteiger charge is -2.44. The molecule has 1 aliphatic rings. The van der Waals surface area contributed by atoms with E-state index in [-0.39, 0.29) is 5.41 Å². The third kappa shape index (κ3) is 6.02. The Morgan fingerprint density at radius 1 is 0.333 bits per heavy atom. The molecule has 63 heavy (non-hydrogen) atoms. The van der Waals surface area contributed by atoms with Crippen LogP contribution in [0, 0.1) is 0 Å². The summed E-state index contributed by atoms with van der Waals surface area (Å²) < 4.78 is 0. The minimum Gasteiger partial charge on any atom is -0.308 e. The third-order valence-electron chi connectivity index (χ3n) is 13.4. The zero-order chi connectivity index (χ0) is 42.1. The van der Waals surface area contributed by atoms with Gasteiger partial charge in [0.25, 0.3) is 0 Å². The molecule has 0 fully saturated rings. The fourth-order valence-electron chi connectivity index (χ4n) is 10.2. The zero-order valence-corrected chi connectivity index (χ0v) is 35.3. The second kappa shape index (κ2) is 14.6. The molecule has 0 N–H and O–H groups in total. The van der Waals surface area contributed by atoms with Gasteiger partial charge in [0.05, 0.1) is 28.4 Å². The SMILES string of the molecule is CC1(C)c2ccccc2N(c2c(N(c3ccc(-c4ccccc4)cc3)c3cc4ccccc4c4ccccc34)ccc3ccccc23)c2ccc(-c3ccc4ccccc4c3)cc21. The van der Waals surface area contributed by atoms with Crippen molar-refractivity contribution in [2.24, 2.45) is 0 Å². The molecule has 2 nitrogen and oxygen atoms in total. The highest BCUT2D eigenvalue weighted by atomic mass is 15.2. The molecule has 0 bridgehead atoms. The van der Waals surface area contributed by atoms with Crippen molar-refractivity contribution in [1.29, 1.82) is 0 Å². The summed E-state index contributed by atoms with van der Waals surface area (Å²) in [6.45, 7) is 4.77. The average molecular weight is 805 g/mol. The maximum absolute atomic E-state index is 2.56. The van der Waals surface area contributed by atoms with Crippen molar-refractivity contribution in [3.63, 3.8) is 0 Å². The van der Waals surface area contributed by atoms with Crippen LogP contribution < -0.4 is 9.80 Å². The molecule has 0 saturated heterocycles. The third-order valence-corrected chi connectivity index (χ3v) is 13.4. The van der Waals surface area contributed by atoms with Crippen LogP contribution in [0.15, 0.2) is 231 Å². The van der Waals surface area contributed by atoms with E-state index in [0.29, 0.717) is 0 Å². The van der Waals surface area contributed by atoms with Crippen LogP contribution in [0.25, 0.3) is 65.3 Å². The van der Waals surface area contributed by atoms with Gasteiger partial charge in [-0.1, -0.05) is 196 Å². The summed E-state index contributed by atoms with van der Waals surface area (Å²) in [6.07, 6.45) is 0. The molecule has 0 aliphatic carbocycles. The van der Waals surface area contributed by atoms with Gasteiger partial charge in [0, 0.05) is 21.9 Å². The number of fused-ring (bicyclic) bond motifs is 7. The van der Waals surface area contributed by atoms with Gasteiger partial charge in [0.1, 0.15) is 0 Å². The molecule has 298 valence electrons. The summed E-state index contributed by atoms with van der Waals surface area (Å²) in [7, 11) is 0. The van der Waals surface area contributed by atoms with E-state index in [9.17, 15) is 0 Å².